The fourth-order valence-corrected chi connectivity index (χ4v) is 2.62. The summed E-state index contributed by atoms with van der Waals surface area (Å²) in [4.78, 5) is 10.8. The summed E-state index contributed by atoms with van der Waals surface area (Å²) in [5, 5.41) is 4.48. The van der Waals surface area contributed by atoms with Crippen molar-refractivity contribution >= 4 is 27.6 Å². The van der Waals surface area contributed by atoms with Crippen molar-refractivity contribution in [3.8, 4) is 0 Å². The average molecular weight is 193 g/mol. The number of allylic oxidation sites excluding steroid dienone is 1. The minimum Gasteiger partial charge on any atom is -0.294 e. The van der Waals surface area contributed by atoms with Crippen LogP contribution < -0.4 is 5.14 Å². The van der Waals surface area contributed by atoms with Crippen LogP contribution in [0.2, 0.25) is 0 Å². The smallest absolute Gasteiger partial charge is 0.244 e. The van der Waals surface area contributed by atoms with Gasteiger partial charge in [-0.25, -0.2) is 13.6 Å². The second kappa shape index (κ2) is 2.62. The summed E-state index contributed by atoms with van der Waals surface area (Å²) >= 11 is 0.979. The van der Waals surface area contributed by atoms with Gasteiger partial charge in [0.2, 0.25) is 10.0 Å². The standard InChI is InChI=1S/C5H7NO3S2/c1-3-4(7)2-5(10-3)11(6,8)9/h2-3H,1H3,(H2,6,8,9). The average Bonchev–Trinajstić information content (AvgIpc) is 2.11. The molecule has 1 aliphatic heterocycles. The summed E-state index contributed by atoms with van der Waals surface area (Å²) in [6.07, 6.45) is 1.07. The third-order valence-electron chi connectivity index (χ3n) is 1.23. The molecule has 0 fully saturated rings. The van der Waals surface area contributed by atoms with E-state index >= 15 is 0 Å². The van der Waals surface area contributed by atoms with Crippen LogP contribution in [-0.2, 0) is 14.8 Å². The number of hydrogen-bond acceptors (Lipinski definition) is 4. The summed E-state index contributed by atoms with van der Waals surface area (Å²) in [5.41, 5.74) is 0. The van der Waals surface area contributed by atoms with Crippen molar-refractivity contribution in [1.82, 2.24) is 0 Å². The van der Waals surface area contributed by atoms with Crippen molar-refractivity contribution in [2.45, 2.75) is 12.2 Å². The highest BCUT2D eigenvalue weighted by Gasteiger charge is 2.27. The zero-order valence-corrected chi connectivity index (χ0v) is 7.41. The molecule has 0 bridgehead atoms. The molecule has 0 aromatic rings. The normalized spacial score (nSPS) is 25.5. The van der Waals surface area contributed by atoms with Gasteiger partial charge in [0.15, 0.2) is 5.78 Å². The lowest BCUT2D eigenvalue weighted by Crippen LogP contribution is -2.11. The summed E-state index contributed by atoms with van der Waals surface area (Å²) in [6, 6.07) is 0. The zero-order chi connectivity index (χ0) is 8.65. The van der Waals surface area contributed by atoms with Crippen LogP contribution in [0.4, 0.5) is 0 Å². The predicted octanol–water partition coefficient (Wildman–Crippen LogP) is -0.179. The Bertz CT molecular complexity index is 317. The maximum absolute atomic E-state index is 10.8. The molecule has 6 heteroatoms. The van der Waals surface area contributed by atoms with Crippen LogP contribution in [0.25, 0.3) is 0 Å². The van der Waals surface area contributed by atoms with E-state index in [4.69, 9.17) is 5.14 Å². The van der Waals surface area contributed by atoms with Crippen LogP contribution in [0.1, 0.15) is 6.92 Å². The van der Waals surface area contributed by atoms with E-state index in [1.54, 1.807) is 6.92 Å². The lowest BCUT2D eigenvalue weighted by Gasteiger charge is -1.97. The van der Waals surface area contributed by atoms with Gasteiger partial charge in [0.25, 0.3) is 0 Å². The van der Waals surface area contributed by atoms with Gasteiger partial charge in [0.05, 0.1) is 5.25 Å². The summed E-state index contributed by atoms with van der Waals surface area (Å²) in [5.74, 6) is -0.195. The third kappa shape index (κ3) is 1.82. The van der Waals surface area contributed by atoms with Crippen LogP contribution >= 0.6 is 11.8 Å². The first kappa shape index (κ1) is 8.76. The predicted molar refractivity (Wildman–Crippen MR) is 43.3 cm³/mol. The molecule has 2 N–H and O–H groups in total. The van der Waals surface area contributed by atoms with Gasteiger partial charge in [-0.2, -0.15) is 0 Å². The van der Waals surface area contributed by atoms with Gasteiger partial charge in [-0.15, -0.1) is 11.8 Å². The number of carbonyl (C=O) groups is 1. The molecule has 0 saturated heterocycles. The number of rotatable bonds is 1. The monoisotopic (exact) mass is 193 g/mol. The molecule has 62 valence electrons. The number of sulfonamides is 1. The van der Waals surface area contributed by atoms with Crippen LogP contribution in [0.5, 0.6) is 0 Å². The van der Waals surface area contributed by atoms with E-state index in [9.17, 15) is 13.2 Å². The second-order valence-corrected chi connectivity index (χ2v) is 5.34. The fraction of sp³-hybridized carbons (Fsp3) is 0.400. The lowest BCUT2D eigenvalue weighted by molar-refractivity contribution is -0.113. The number of thioether (sulfide) groups is 1. The van der Waals surface area contributed by atoms with Crippen LogP contribution in [0.15, 0.2) is 10.3 Å². The van der Waals surface area contributed by atoms with Gasteiger partial charge >= 0.3 is 0 Å². The molecule has 0 spiro atoms. The Kier molecular flexibility index (Phi) is 2.08. The van der Waals surface area contributed by atoms with E-state index in [0.717, 1.165) is 17.8 Å². The van der Waals surface area contributed by atoms with E-state index in [2.05, 4.69) is 0 Å². The first-order chi connectivity index (χ1) is 4.91. The number of hydrogen-bond donors (Lipinski definition) is 1. The maximum atomic E-state index is 10.8. The summed E-state index contributed by atoms with van der Waals surface area (Å²) in [6.45, 7) is 1.64. The van der Waals surface area contributed by atoms with Gasteiger partial charge in [0.1, 0.15) is 4.24 Å². The molecule has 11 heavy (non-hydrogen) atoms. The molecule has 0 saturated carbocycles. The Labute approximate surface area is 68.9 Å². The zero-order valence-electron chi connectivity index (χ0n) is 5.77. The molecule has 4 nitrogen and oxygen atoms in total. The summed E-state index contributed by atoms with van der Waals surface area (Å²) < 4.78 is 21.3. The minimum absolute atomic E-state index is 0.0324. The number of primary sulfonamides is 1. The SMILES string of the molecule is CC1SC(S(N)(=O)=O)=CC1=O. The Morgan fingerprint density at radius 2 is 2.18 bits per heavy atom. The van der Waals surface area contributed by atoms with Crippen molar-refractivity contribution in [1.29, 1.82) is 0 Å². The maximum Gasteiger partial charge on any atom is 0.244 e. The first-order valence-electron chi connectivity index (χ1n) is 2.86. The Morgan fingerprint density at radius 1 is 1.64 bits per heavy atom. The van der Waals surface area contributed by atoms with Gasteiger partial charge in [-0.05, 0) is 6.92 Å². The third-order valence-corrected chi connectivity index (χ3v) is 3.83. The van der Waals surface area contributed by atoms with Gasteiger partial charge in [-0.3, -0.25) is 4.79 Å². The Hall–Kier alpha value is -0.330. The summed E-state index contributed by atoms with van der Waals surface area (Å²) in [7, 11) is -3.67. The van der Waals surface area contributed by atoms with Crippen molar-refractivity contribution < 1.29 is 13.2 Å². The van der Waals surface area contributed by atoms with Gasteiger partial charge < -0.3 is 0 Å². The highest BCUT2D eigenvalue weighted by atomic mass is 32.3. The molecular weight excluding hydrogens is 186 g/mol. The molecule has 1 atom stereocenters. The van der Waals surface area contributed by atoms with Crippen molar-refractivity contribution in [2.75, 3.05) is 0 Å². The quantitative estimate of drug-likeness (QED) is 0.626. The molecule has 0 aliphatic carbocycles. The molecule has 1 rings (SSSR count). The number of ketones is 1. The first-order valence-corrected chi connectivity index (χ1v) is 5.29. The molecule has 1 aliphatic rings. The van der Waals surface area contributed by atoms with Gasteiger partial charge in [0, 0.05) is 6.08 Å². The molecule has 0 radical (unpaired) electrons. The molecule has 1 unspecified atom stereocenters. The lowest BCUT2D eigenvalue weighted by atomic mass is 10.3. The van der Waals surface area contributed by atoms with Crippen LogP contribution in [-0.4, -0.2) is 19.5 Å². The molecule has 0 aromatic heterocycles. The second-order valence-electron chi connectivity index (χ2n) is 2.17. The fourth-order valence-electron chi connectivity index (χ4n) is 0.649. The molecular formula is C5H7NO3S2. The van der Waals surface area contributed by atoms with Gasteiger partial charge in [-0.1, -0.05) is 0 Å². The topological polar surface area (TPSA) is 77.2 Å². The van der Waals surface area contributed by atoms with Crippen molar-refractivity contribution in [3.63, 3.8) is 0 Å². The van der Waals surface area contributed by atoms with E-state index in [1.165, 1.54) is 0 Å². The Balaban J connectivity index is 2.98. The van der Waals surface area contributed by atoms with Crippen LogP contribution in [0, 0.1) is 0 Å². The highest BCUT2D eigenvalue weighted by Crippen LogP contribution is 2.31. The van der Waals surface area contributed by atoms with E-state index in [1.807, 2.05) is 0 Å². The Morgan fingerprint density at radius 3 is 2.36 bits per heavy atom. The highest BCUT2D eigenvalue weighted by molar-refractivity contribution is 8.19. The number of nitrogens with two attached hydrogens (primary N) is 1. The largest absolute Gasteiger partial charge is 0.294 e. The number of carbonyl (C=O) groups excluding carboxylic acids is 1. The van der Waals surface area contributed by atoms with E-state index in [-0.39, 0.29) is 15.3 Å². The van der Waals surface area contributed by atoms with Crippen molar-refractivity contribution in [3.05, 3.63) is 10.3 Å². The minimum atomic E-state index is -3.67. The molecule has 1 heterocycles. The molecule has 0 aromatic carbocycles. The van der Waals surface area contributed by atoms with Crippen molar-refractivity contribution in [2.24, 2.45) is 5.14 Å². The van der Waals surface area contributed by atoms with E-state index in [0.29, 0.717) is 0 Å². The van der Waals surface area contributed by atoms with Crippen LogP contribution in [0.3, 0.4) is 0 Å². The van der Waals surface area contributed by atoms with E-state index < -0.39 is 10.0 Å². The molecule has 0 amide bonds.